The summed E-state index contributed by atoms with van der Waals surface area (Å²) in [4.78, 5) is 74.3. The molecular weight excluding hydrogens is 778 g/mol. The van der Waals surface area contributed by atoms with E-state index >= 15 is 0 Å². The molecule has 12 nitrogen and oxygen atoms in total. The minimum absolute atomic E-state index is 0.0862. The third-order valence-corrected chi connectivity index (χ3v) is 14.2. The van der Waals surface area contributed by atoms with Gasteiger partial charge in [-0.3, -0.25) is 34.2 Å². The molecule has 9 rings (SSSR count). The van der Waals surface area contributed by atoms with Gasteiger partial charge in [-0.15, -0.1) is 0 Å². The Morgan fingerprint density at radius 1 is 0.750 bits per heavy atom. The van der Waals surface area contributed by atoms with Crippen LogP contribution in [0.5, 0.6) is 0 Å². The molecule has 0 radical (unpaired) electrons. The van der Waals surface area contributed by atoms with Crippen molar-refractivity contribution in [3.05, 3.63) is 93.5 Å². The lowest BCUT2D eigenvalue weighted by Crippen LogP contribution is -2.54. The summed E-state index contributed by atoms with van der Waals surface area (Å²) in [7, 11) is 0. The summed E-state index contributed by atoms with van der Waals surface area (Å²) in [5, 5.41) is 11.9. The SMILES string of the molecule is N#Cc1ccc(N2CCC3(CCN(C(=O)c4ccc(C#CC5CCN(C6CCN(c7ccc8c(c7)C(=O)N(C7CCC(=O)NC7=O)C8=O)CC6)CC5)cc4)C3)CC2)cc1Cl. The van der Waals surface area contributed by atoms with Crippen molar-refractivity contribution in [3.63, 3.8) is 0 Å². The number of rotatable bonds is 5. The van der Waals surface area contributed by atoms with E-state index in [0.29, 0.717) is 39.2 Å². The Morgan fingerprint density at radius 3 is 2.12 bits per heavy atom. The largest absolute Gasteiger partial charge is 0.371 e. The molecule has 13 heteroatoms. The lowest BCUT2D eigenvalue weighted by atomic mass is 9.77. The van der Waals surface area contributed by atoms with Crippen LogP contribution in [0.25, 0.3) is 0 Å². The number of imide groups is 2. The summed E-state index contributed by atoms with van der Waals surface area (Å²) in [5.74, 6) is 5.35. The van der Waals surface area contributed by atoms with Gasteiger partial charge < -0.3 is 19.6 Å². The molecule has 6 aliphatic rings. The summed E-state index contributed by atoms with van der Waals surface area (Å²) in [6.45, 7) is 7.05. The summed E-state index contributed by atoms with van der Waals surface area (Å²) < 4.78 is 0. The average molecular weight is 826 g/mol. The molecule has 0 aliphatic carbocycles. The van der Waals surface area contributed by atoms with E-state index in [1.807, 2.05) is 47.4 Å². The fourth-order valence-corrected chi connectivity index (χ4v) is 10.4. The van der Waals surface area contributed by atoms with Crippen molar-refractivity contribution >= 4 is 52.5 Å². The van der Waals surface area contributed by atoms with Crippen molar-refractivity contribution in [2.45, 2.75) is 69.9 Å². The molecule has 1 spiro atoms. The number of anilines is 2. The van der Waals surface area contributed by atoms with Crippen LogP contribution in [0.2, 0.25) is 5.02 Å². The molecule has 60 heavy (non-hydrogen) atoms. The van der Waals surface area contributed by atoms with Gasteiger partial charge in [-0.05, 0) is 131 Å². The first-order valence-corrected chi connectivity index (χ1v) is 21.7. The second-order valence-corrected chi connectivity index (χ2v) is 17.7. The van der Waals surface area contributed by atoms with Gasteiger partial charge in [0.05, 0.1) is 21.7 Å². The number of likely N-dealkylation sites (tertiary alicyclic amines) is 2. The molecule has 3 aromatic rings. The Kier molecular flexibility index (Phi) is 10.9. The van der Waals surface area contributed by atoms with Crippen LogP contribution >= 0.6 is 11.6 Å². The zero-order valence-electron chi connectivity index (χ0n) is 33.6. The molecule has 0 saturated carbocycles. The Morgan fingerprint density at radius 2 is 1.42 bits per heavy atom. The lowest BCUT2D eigenvalue weighted by Gasteiger charge is -2.42. The maximum Gasteiger partial charge on any atom is 0.262 e. The maximum absolute atomic E-state index is 13.6. The van der Waals surface area contributed by atoms with Gasteiger partial charge in [0.15, 0.2) is 0 Å². The molecule has 0 aromatic heterocycles. The number of halogens is 1. The monoisotopic (exact) mass is 825 g/mol. The number of hydrogen-bond donors (Lipinski definition) is 1. The zero-order chi connectivity index (χ0) is 41.5. The number of fused-ring (bicyclic) bond motifs is 1. The lowest BCUT2D eigenvalue weighted by molar-refractivity contribution is -0.136. The molecule has 5 fully saturated rings. The molecule has 6 aliphatic heterocycles. The number of amides is 5. The second kappa shape index (κ2) is 16.4. The van der Waals surface area contributed by atoms with Crippen LogP contribution < -0.4 is 15.1 Å². The summed E-state index contributed by atoms with van der Waals surface area (Å²) >= 11 is 6.30. The quantitative estimate of drug-likeness (QED) is 0.262. The van der Waals surface area contributed by atoms with E-state index in [4.69, 9.17) is 11.6 Å². The number of nitriles is 1. The number of nitrogens with zero attached hydrogens (tertiary/aromatic N) is 6. The molecule has 1 unspecified atom stereocenters. The number of piperidine rings is 4. The smallest absolute Gasteiger partial charge is 0.262 e. The summed E-state index contributed by atoms with van der Waals surface area (Å²) in [6, 6.07) is 20.4. The van der Waals surface area contributed by atoms with Crippen LogP contribution in [-0.2, 0) is 9.59 Å². The van der Waals surface area contributed by atoms with Crippen LogP contribution in [0.1, 0.15) is 100.0 Å². The minimum Gasteiger partial charge on any atom is -0.371 e. The van der Waals surface area contributed by atoms with Crippen molar-refractivity contribution in [1.82, 2.24) is 20.0 Å². The van der Waals surface area contributed by atoms with Gasteiger partial charge in [0, 0.05) is 80.2 Å². The van der Waals surface area contributed by atoms with E-state index < -0.39 is 23.8 Å². The van der Waals surface area contributed by atoms with Crippen LogP contribution in [0.15, 0.2) is 60.7 Å². The van der Waals surface area contributed by atoms with Gasteiger partial charge >= 0.3 is 0 Å². The molecule has 5 amide bonds. The summed E-state index contributed by atoms with van der Waals surface area (Å²) in [5.41, 5.74) is 4.82. The van der Waals surface area contributed by atoms with Crippen molar-refractivity contribution in [1.29, 1.82) is 5.26 Å². The fourth-order valence-electron chi connectivity index (χ4n) is 10.2. The van der Waals surface area contributed by atoms with E-state index in [9.17, 15) is 29.2 Å². The summed E-state index contributed by atoms with van der Waals surface area (Å²) in [6.07, 6.45) is 7.32. The van der Waals surface area contributed by atoms with E-state index in [1.54, 1.807) is 18.2 Å². The minimum atomic E-state index is -0.969. The van der Waals surface area contributed by atoms with E-state index in [0.717, 1.165) is 119 Å². The number of carbonyl (C=O) groups is 5. The first kappa shape index (κ1) is 39.8. The highest BCUT2D eigenvalue weighted by atomic mass is 35.5. The number of nitrogens with one attached hydrogen (secondary N) is 1. The molecule has 308 valence electrons. The zero-order valence-corrected chi connectivity index (χ0v) is 34.4. The van der Waals surface area contributed by atoms with Crippen molar-refractivity contribution in [3.8, 4) is 17.9 Å². The van der Waals surface area contributed by atoms with Crippen LogP contribution in [0.3, 0.4) is 0 Å². The normalized spacial score (nSPS) is 22.4. The van der Waals surface area contributed by atoms with Crippen molar-refractivity contribution in [2.75, 3.05) is 62.2 Å². The highest BCUT2D eigenvalue weighted by molar-refractivity contribution is 6.32. The molecule has 1 N–H and O–H groups in total. The van der Waals surface area contributed by atoms with Gasteiger partial charge in [-0.25, -0.2) is 0 Å². The van der Waals surface area contributed by atoms with E-state index in [-0.39, 0.29) is 30.1 Å². The molecule has 5 saturated heterocycles. The Bertz CT molecular complexity index is 2340. The Hall–Kier alpha value is -5.69. The number of hydrogen-bond acceptors (Lipinski definition) is 9. The van der Waals surface area contributed by atoms with Gasteiger partial charge in [0.1, 0.15) is 12.1 Å². The molecule has 3 aromatic carbocycles. The number of carbonyl (C=O) groups excluding carboxylic acids is 5. The first-order valence-electron chi connectivity index (χ1n) is 21.3. The molecular formula is C47H48ClN7O5. The maximum atomic E-state index is 13.6. The number of benzene rings is 3. The van der Waals surface area contributed by atoms with Crippen LogP contribution in [0, 0.1) is 34.5 Å². The molecule has 6 heterocycles. The van der Waals surface area contributed by atoms with Gasteiger partial charge in [-0.2, -0.15) is 5.26 Å². The predicted octanol–water partition coefficient (Wildman–Crippen LogP) is 5.48. The van der Waals surface area contributed by atoms with Crippen LogP contribution in [-0.4, -0.2) is 109 Å². The first-order chi connectivity index (χ1) is 29.1. The third-order valence-electron chi connectivity index (χ3n) is 13.8. The van der Waals surface area contributed by atoms with Crippen LogP contribution in [0.4, 0.5) is 11.4 Å². The standard InChI is InChI=1S/C47H48ClN7O5/c48-40-28-37(8-7-34(40)29-49)53-24-17-47(18-25-53)19-26-54(30-47)44(58)33-5-3-31(4-6-33)1-2-32-13-20-51(21-14-32)35-15-22-52(23-16-35)36-9-10-38-39(27-36)46(60)55(45(38)59)41-11-12-42(56)50-43(41)57/h3-10,27-28,32,35,41H,11-26,30H2,(H,50,56,57). The van der Waals surface area contributed by atoms with E-state index in [2.05, 4.69) is 37.9 Å². The Balaban J connectivity index is 0.720. The van der Waals surface area contributed by atoms with Gasteiger partial charge in [0.2, 0.25) is 11.8 Å². The van der Waals surface area contributed by atoms with E-state index in [1.165, 1.54) is 0 Å². The fraction of sp³-hybridized carbons (Fsp3) is 0.447. The highest BCUT2D eigenvalue weighted by Gasteiger charge is 2.45. The predicted molar refractivity (Wildman–Crippen MR) is 227 cm³/mol. The average Bonchev–Trinajstić information content (AvgIpc) is 3.80. The molecule has 0 bridgehead atoms. The topological polar surface area (TPSA) is 137 Å². The second-order valence-electron chi connectivity index (χ2n) is 17.3. The van der Waals surface area contributed by atoms with Gasteiger partial charge in [-0.1, -0.05) is 23.4 Å². The van der Waals surface area contributed by atoms with Crippen molar-refractivity contribution in [2.24, 2.45) is 11.3 Å². The highest BCUT2D eigenvalue weighted by Crippen LogP contribution is 2.42. The van der Waals surface area contributed by atoms with Crippen molar-refractivity contribution < 1.29 is 24.0 Å². The van der Waals surface area contributed by atoms with Gasteiger partial charge in [0.25, 0.3) is 17.7 Å². The Labute approximate surface area is 355 Å². The molecule has 1 atom stereocenters. The third kappa shape index (κ3) is 7.75.